The van der Waals surface area contributed by atoms with Gasteiger partial charge in [-0.1, -0.05) is 11.3 Å². The van der Waals surface area contributed by atoms with Crippen LogP contribution >= 0.6 is 11.3 Å². The summed E-state index contributed by atoms with van der Waals surface area (Å²) in [6, 6.07) is 3.53. The molecule has 0 radical (unpaired) electrons. The van der Waals surface area contributed by atoms with E-state index >= 15 is 0 Å². The van der Waals surface area contributed by atoms with Crippen molar-refractivity contribution in [1.29, 1.82) is 0 Å². The van der Waals surface area contributed by atoms with Gasteiger partial charge < -0.3 is 14.2 Å². The van der Waals surface area contributed by atoms with E-state index in [1.807, 2.05) is 0 Å². The van der Waals surface area contributed by atoms with Gasteiger partial charge in [-0.05, 0) is 18.6 Å². The van der Waals surface area contributed by atoms with Gasteiger partial charge in [-0.25, -0.2) is 0 Å². The van der Waals surface area contributed by atoms with Crippen molar-refractivity contribution >= 4 is 17.6 Å². The van der Waals surface area contributed by atoms with Crippen molar-refractivity contribution in [2.45, 2.75) is 6.42 Å². The van der Waals surface area contributed by atoms with Crippen LogP contribution in [0.4, 0.5) is 0 Å². The van der Waals surface area contributed by atoms with Gasteiger partial charge in [-0.15, -0.1) is 0 Å². The zero-order valence-corrected chi connectivity index (χ0v) is 10.1. The van der Waals surface area contributed by atoms with Crippen molar-refractivity contribution in [3.63, 3.8) is 0 Å². The molecule has 0 aromatic carbocycles. The molecule has 1 heterocycles. The summed E-state index contributed by atoms with van der Waals surface area (Å²) in [5.74, 6) is 0. The van der Waals surface area contributed by atoms with Crippen LogP contribution < -0.4 is 4.74 Å². The minimum Gasteiger partial charge on any atom is -0.482 e. The molecular weight excluding hydrogens is 228 g/mol. The molecule has 0 saturated carbocycles. The Morgan fingerprint density at radius 3 is 2.81 bits per heavy atom. The number of hydrogen-bond donors (Lipinski definition) is 0. The fraction of sp³-hybridized carbons (Fsp3) is 0.545. The number of rotatable bonds is 9. The van der Waals surface area contributed by atoms with Gasteiger partial charge in [0, 0.05) is 20.3 Å². The van der Waals surface area contributed by atoms with Gasteiger partial charge in [0.15, 0.2) is 11.3 Å². The lowest BCUT2D eigenvalue weighted by Gasteiger charge is -2.04. The van der Waals surface area contributed by atoms with Crippen molar-refractivity contribution in [2.24, 2.45) is 0 Å². The summed E-state index contributed by atoms with van der Waals surface area (Å²) < 4.78 is 15.6. The molecule has 90 valence electrons. The molecule has 0 aliphatic rings. The lowest BCUT2D eigenvalue weighted by atomic mass is 10.5. The molecule has 0 N–H and O–H groups in total. The van der Waals surface area contributed by atoms with Crippen molar-refractivity contribution in [3.05, 3.63) is 17.0 Å². The fourth-order valence-electron chi connectivity index (χ4n) is 1.08. The average molecular weight is 244 g/mol. The first-order chi connectivity index (χ1) is 7.86. The van der Waals surface area contributed by atoms with E-state index in [1.165, 1.54) is 11.3 Å². The summed E-state index contributed by atoms with van der Waals surface area (Å²) in [5.41, 5.74) is 0. The van der Waals surface area contributed by atoms with Crippen LogP contribution in [0.5, 0.6) is 5.06 Å². The first-order valence-corrected chi connectivity index (χ1v) is 5.93. The quantitative estimate of drug-likeness (QED) is 0.492. The van der Waals surface area contributed by atoms with Gasteiger partial charge in [0.25, 0.3) is 0 Å². The average Bonchev–Trinajstić information content (AvgIpc) is 2.76. The van der Waals surface area contributed by atoms with Crippen molar-refractivity contribution in [3.8, 4) is 5.06 Å². The Labute approximate surface area is 99.1 Å². The minimum atomic E-state index is 0.506. The highest BCUT2D eigenvalue weighted by Gasteiger charge is 1.99. The molecule has 4 nitrogen and oxygen atoms in total. The number of ether oxygens (including phenoxy) is 3. The van der Waals surface area contributed by atoms with E-state index in [-0.39, 0.29) is 0 Å². The SMILES string of the molecule is COCCCOCCOc1ccc(C=O)s1. The Morgan fingerprint density at radius 2 is 2.12 bits per heavy atom. The van der Waals surface area contributed by atoms with E-state index in [9.17, 15) is 4.79 Å². The maximum atomic E-state index is 10.4. The molecule has 0 aliphatic carbocycles. The lowest BCUT2D eigenvalue weighted by Crippen LogP contribution is -2.07. The molecule has 0 atom stereocenters. The normalized spacial score (nSPS) is 10.3. The molecule has 0 bridgehead atoms. The molecule has 1 aromatic heterocycles. The Hall–Kier alpha value is -0.910. The summed E-state index contributed by atoms with van der Waals surface area (Å²) in [5, 5.41) is 0.752. The second-order valence-corrected chi connectivity index (χ2v) is 4.16. The molecule has 1 aromatic rings. The van der Waals surface area contributed by atoms with Crippen LogP contribution in [0.3, 0.4) is 0 Å². The first-order valence-electron chi connectivity index (χ1n) is 5.11. The van der Waals surface area contributed by atoms with Crippen LogP contribution in [0, 0.1) is 0 Å². The largest absolute Gasteiger partial charge is 0.482 e. The maximum Gasteiger partial charge on any atom is 0.174 e. The van der Waals surface area contributed by atoms with Gasteiger partial charge in [-0.2, -0.15) is 0 Å². The number of carbonyl (C=O) groups is 1. The van der Waals surface area contributed by atoms with Crippen LogP contribution in [0.15, 0.2) is 12.1 Å². The highest BCUT2D eigenvalue weighted by atomic mass is 32.1. The Balaban J connectivity index is 2.00. The molecule has 0 fully saturated rings. The highest BCUT2D eigenvalue weighted by Crippen LogP contribution is 2.22. The predicted octanol–water partition coefficient (Wildman–Crippen LogP) is 1.99. The van der Waals surface area contributed by atoms with Gasteiger partial charge in [-0.3, -0.25) is 4.79 Å². The van der Waals surface area contributed by atoms with E-state index in [4.69, 9.17) is 14.2 Å². The smallest absolute Gasteiger partial charge is 0.174 e. The van der Waals surface area contributed by atoms with Crippen LogP contribution in [-0.4, -0.2) is 39.8 Å². The van der Waals surface area contributed by atoms with Crippen molar-refractivity contribution in [2.75, 3.05) is 33.5 Å². The van der Waals surface area contributed by atoms with Crippen molar-refractivity contribution < 1.29 is 19.0 Å². The molecule has 0 spiro atoms. The summed E-state index contributed by atoms with van der Waals surface area (Å²) in [7, 11) is 1.67. The Morgan fingerprint density at radius 1 is 1.25 bits per heavy atom. The Bertz CT molecular complexity index is 298. The van der Waals surface area contributed by atoms with Gasteiger partial charge in [0.2, 0.25) is 0 Å². The standard InChI is InChI=1S/C11H16O4S/c1-13-5-2-6-14-7-8-15-11-4-3-10(9-12)16-11/h3-4,9H,2,5-8H2,1H3. The molecule has 0 aliphatic heterocycles. The first kappa shape index (κ1) is 13.2. The van der Waals surface area contributed by atoms with Gasteiger partial charge in [0.1, 0.15) is 6.61 Å². The van der Waals surface area contributed by atoms with Crippen LogP contribution in [0.2, 0.25) is 0 Å². The minimum absolute atomic E-state index is 0.506. The molecule has 5 heteroatoms. The van der Waals surface area contributed by atoms with E-state index in [0.29, 0.717) is 31.3 Å². The van der Waals surface area contributed by atoms with Crippen LogP contribution in [0.25, 0.3) is 0 Å². The summed E-state index contributed by atoms with van der Waals surface area (Å²) >= 11 is 1.34. The number of methoxy groups -OCH3 is 1. The summed E-state index contributed by atoms with van der Waals surface area (Å²) in [4.78, 5) is 11.1. The summed E-state index contributed by atoms with van der Waals surface area (Å²) in [6.45, 7) is 2.46. The molecule has 1 rings (SSSR count). The monoisotopic (exact) mass is 244 g/mol. The summed E-state index contributed by atoms with van der Waals surface area (Å²) in [6.07, 6.45) is 1.71. The van der Waals surface area contributed by atoms with Crippen molar-refractivity contribution in [1.82, 2.24) is 0 Å². The third-order valence-electron chi connectivity index (χ3n) is 1.83. The zero-order chi connectivity index (χ0) is 11.6. The Kier molecular flexibility index (Phi) is 6.80. The maximum absolute atomic E-state index is 10.4. The molecule has 0 unspecified atom stereocenters. The second-order valence-electron chi connectivity index (χ2n) is 3.08. The molecule has 0 amide bonds. The number of thiophene rings is 1. The van der Waals surface area contributed by atoms with Gasteiger partial charge >= 0.3 is 0 Å². The highest BCUT2D eigenvalue weighted by molar-refractivity contribution is 7.15. The third-order valence-corrected chi connectivity index (χ3v) is 2.75. The van der Waals surface area contributed by atoms with Crippen LogP contribution in [0.1, 0.15) is 16.1 Å². The van der Waals surface area contributed by atoms with E-state index in [1.54, 1.807) is 19.2 Å². The topological polar surface area (TPSA) is 44.8 Å². The van der Waals surface area contributed by atoms with E-state index in [0.717, 1.165) is 17.8 Å². The van der Waals surface area contributed by atoms with E-state index < -0.39 is 0 Å². The number of aldehydes is 1. The zero-order valence-electron chi connectivity index (χ0n) is 9.31. The molecule has 16 heavy (non-hydrogen) atoms. The lowest BCUT2D eigenvalue weighted by molar-refractivity contribution is 0.0815. The number of hydrogen-bond acceptors (Lipinski definition) is 5. The predicted molar refractivity (Wildman–Crippen MR) is 62.5 cm³/mol. The van der Waals surface area contributed by atoms with Gasteiger partial charge in [0.05, 0.1) is 11.5 Å². The second kappa shape index (κ2) is 8.27. The molecular formula is C11H16O4S. The fourth-order valence-corrected chi connectivity index (χ4v) is 1.78. The third kappa shape index (κ3) is 5.25. The van der Waals surface area contributed by atoms with E-state index in [2.05, 4.69) is 0 Å². The molecule has 0 saturated heterocycles. The number of carbonyl (C=O) groups excluding carboxylic acids is 1. The van der Waals surface area contributed by atoms with Crippen LogP contribution in [-0.2, 0) is 9.47 Å².